The van der Waals surface area contributed by atoms with Crippen molar-refractivity contribution in [3.8, 4) is 11.5 Å². The molecule has 0 radical (unpaired) electrons. The molecule has 0 unspecified atom stereocenters. The number of carbonyl (C=O) groups is 2. The molecular weight excluding hydrogens is 452 g/mol. The van der Waals surface area contributed by atoms with Gasteiger partial charge in [0, 0.05) is 16.7 Å². The summed E-state index contributed by atoms with van der Waals surface area (Å²) in [6.45, 7) is -0.442. The molecule has 0 heterocycles. The summed E-state index contributed by atoms with van der Waals surface area (Å²) in [4.78, 5) is 35.1. The lowest BCUT2D eigenvalue weighted by Gasteiger charge is -2.13. The van der Waals surface area contributed by atoms with E-state index in [0.29, 0.717) is 5.02 Å². The molecule has 3 aromatic carbocycles. The normalized spacial score (nSPS) is 10.2. The Morgan fingerprint density at radius 1 is 1.03 bits per heavy atom. The molecule has 33 heavy (non-hydrogen) atoms. The Balaban J connectivity index is 1.61. The number of methoxy groups -OCH3 is 1. The zero-order valence-electron chi connectivity index (χ0n) is 17.4. The topological polar surface area (TPSA) is 117 Å². The van der Waals surface area contributed by atoms with Crippen molar-refractivity contribution in [2.75, 3.05) is 19.0 Å². The molecular formula is C23H19ClN2O7. The van der Waals surface area contributed by atoms with Crippen LogP contribution in [0.3, 0.4) is 0 Å². The number of nitrogens with zero attached hydrogens (tertiary/aromatic N) is 1. The van der Waals surface area contributed by atoms with Crippen molar-refractivity contribution in [3.05, 3.63) is 93.0 Å². The van der Waals surface area contributed by atoms with Crippen LogP contribution in [0.2, 0.25) is 5.02 Å². The first-order chi connectivity index (χ1) is 15.9. The van der Waals surface area contributed by atoms with E-state index in [0.717, 1.165) is 5.56 Å². The second-order valence-corrected chi connectivity index (χ2v) is 7.05. The molecule has 0 fully saturated rings. The average molecular weight is 471 g/mol. The molecule has 1 N–H and O–H groups in total. The number of amides is 1. The Labute approximate surface area is 194 Å². The highest BCUT2D eigenvalue weighted by molar-refractivity contribution is 6.31. The van der Waals surface area contributed by atoms with Crippen LogP contribution in [0.25, 0.3) is 0 Å². The van der Waals surface area contributed by atoms with Crippen LogP contribution in [-0.4, -0.2) is 30.5 Å². The number of nitro groups is 1. The van der Waals surface area contributed by atoms with Gasteiger partial charge in [0.15, 0.2) is 6.61 Å². The predicted molar refractivity (Wildman–Crippen MR) is 121 cm³/mol. The molecule has 3 aromatic rings. The van der Waals surface area contributed by atoms with Crippen LogP contribution in [0.5, 0.6) is 11.5 Å². The highest BCUT2D eigenvalue weighted by atomic mass is 35.5. The minimum atomic E-state index is -0.754. The standard InChI is InChI=1S/C23H19ClN2O7/c1-31-21-12-16(26(29)30)10-11-19(21)25-22(27)14-33-23(28)17-7-3-5-9-20(17)32-13-15-6-2-4-8-18(15)24/h2-12H,13-14H2,1H3,(H,25,27). The highest BCUT2D eigenvalue weighted by Gasteiger charge is 2.17. The van der Waals surface area contributed by atoms with Gasteiger partial charge < -0.3 is 19.5 Å². The van der Waals surface area contributed by atoms with Crippen LogP contribution in [-0.2, 0) is 16.1 Å². The molecule has 0 bridgehead atoms. The summed E-state index contributed by atoms with van der Waals surface area (Å²) < 4.78 is 15.9. The summed E-state index contributed by atoms with van der Waals surface area (Å²) >= 11 is 6.13. The third-order valence-electron chi connectivity index (χ3n) is 4.45. The molecule has 0 saturated carbocycles. The minimum Gasteiger partial charge on any atom is -0.494 e. The second kappa shape index (κ2) is 11.0. The molecule has 0 aliphatic carbocycles. The van der Waals surface area contributed by atoms with Crippen molar-refractivity contribution in [3.63, 3.8) is 0 Å². The van der Waals surface area contributed by atoms with Crippen molar-refractivity contribution < 1.29 is 28.7 Å². The van der Waals surface area contributed by atoms with Crippen LogP contribution in [0, 0.1) is 10.1 Å². The van der Waals surface area contributed by atoms with Crippen molar-refractivity contribution in [1.29, 1.82) is 0 Å². The van der Waals surface area contributed by atoms with Gasteiger partial charge in [0.05, 0.1) is 23.8 Å². The maximum Gasteiger partial charge on any atom is 0.342 e. The van der Waals surface area contributed by atoms with Crippen LogP contribution in [0.1, 0.15) is 15.9 Å². The summed E-state index contributed by atoms with van der Waals surface area (Å²) in [7, 11) is 1.31. The van der Waals surface area contributed by atoms with E-state index < -0.39 is 23.4 Å². The summed E-state index contributed by atoms with van der Waals surface area (Å²) in [6.07, 6.45) is 0. The van der Waals surface area contributed by atoms with Crippen molar-refractivity contribution >= 4 is 34.9 Å². The van der Waals surface area contributed by atoms with Crippen LogP contribution < -0.4 is 14.8 Å². The van der Waals surface area contributed by atoms with Crippen molar-refractivity contribution in [1.82, 2.24) is 0 Å². The monoisotopic (exact) mass is 470 g/mol. The van der Waals surface area contributed by atoms with Gasteiger partial charge in [-0.1, -0.05) is 41.9 Å². The molecule has 0 aliphatic rings. The van der Waals surface area contributed by atoms with E-state index in [4.69, 9.17) is 25.8 Å². The van der Waals surface area contributed by atoms with E-state index in [9.17, 15) is 19.7 Å². The molecule has 1 amide bonds. The first kappa shape index (κ1) is 23.6. The lowest BCUT2D eigenvalue weighted by atomic mass is 10.2. The first-order valence-electron chi connectivity index (χ1n) is 9.63. The van der Waals surface area contributed by atoms with Crippen LogP contribution in [0.15, 0.2) is 66.7 Å². The number of hydrogen-bond donors (Lipinski definition) is 1. The lowest BCUT2D eigenvalue weighted by molar-refractivity contribution is -0.384. The maximum atomic E-state index is 12.5. The van der Waals surface area contributed by atoms with Crippen molar-refractivity contribution in [2.45, 2.75) is 6.61 Å². The smallest absolute Gasteiger partial charge is 0.342 e. The second-order valence-electron chi connectivity index (χ2n) is 6.64. The summed E-state index contributed by atoms with van der Waals surface area (Å²) in [6, 6.07) is 17.3. The molecule has 0 atom stereocenters. The third-order valence-corrected chi connectivity index (χ3v) is 4.82. The molecule has 0 saturated heterocycles. The number of benzene rings is 3. The number of anilines is 1. The van der Waals surface area contributed by atoms with Crippen LogP contribution in [0.4, 0.5) is 11.4 Å². The van der Waals surface area contributed by atoms with Gasteiger partial charge in [0.2, 0.25) is 0 Å². The fourth-order valence-corrected chi connectivity index (χ4v) is 3.01. The molecule has 0 aliphatic heterocycles. The van der Waals surface area contributed by atoms with Gasteiger partial charge in [-0.3, -0.25) is 14.9 Å². The van der Waals surface area contributed by atoms with E-state index in [1.165, 1.54) is 31.4 Å². The quantitative estimate of drug-likeness (QED) is 0.275. The third kappa shape index (κ3) is 6.20. The Kier molecular flexibility index (Phi) is 7.82. The average Bonchev–Trinajstić information content (AvgIpc) is 2.82. The summed E-state index contributed by atoms with van der Waals surface area (Å²) in [5.41, 5.74) is 0.904. The van der Waals surface area contributed by atoms with Gasteiger partial charge in [0.25, 0.3) is 11.6 Å². The largest absolute Gasteiger partial charge is 0.494 e. The zero-order valence-corrected chi connectivity index (χ0v) is 18.2. The lowest BCUT2D eigenvalue weighted by Crippen LogP contribution is -2.21. The Morgan fingerprint density at radius 2 is 1.76 bits per heavy atom. The van der Waals surface area contributed by atoms with Gasteiger partial charge in [0.1, 0.15) is 23.7 Å². The number of nitro benzene ring substituents is 1. The fourth-order valence-electron chi connectivity index (χ4n) is 2.82. The molecule has 3 rings (SSSR count). The number of rotatable bonds is 9. The van der Waals surface area contributed by atoms with E-state index in [-0.39, 0.29) is 35.0 Å². The number of para-hydroxylation sites is 1. The number of halogens is 1. The van der Waals surface area contributed by atoms with Gasteiger partial charge in [-0.25, -0.2) is 4.79 Å². The number of hydrogen-bond acceptors (Lipinski definition) is 7. The van der Waals surface area contributed by atoms with Gasteiger partial charge in [-0.2, -0.15) is 0 Å². The van der Waals surface area contributed by atoms with E-state index >= 15 is 0 Å². The van der Waals surface area contributed by atoms with Crippen LogP contribution >= 0.6 is 11.6 Å². The van der Waals surface area contributed by atoms with Gasteiger partial charge in [-0.05, 0) is 24.3 Å². The maximum absolute atomic E-state index is 12.5. The van der Waals surface area contributed by atoms with Gasteiger partial charge >= 0.3 is 5.97 Å². The number of nitrogens with one attached hydrogen (secondary N) is 1. The number of carbonyl (C=O) groups excluding carboxylic acids is 2. The number of non-ortho nitro benzene ring substituents is 1. The van der Waals surface area contributed by atoms with Crippen molar-refractivity contribution in [2.24, 2.45) is 0 Å². The number of esters is 1. The Morgan fingerprint density at radius 3 is 2.48 bits per heavy atom. The minimum absolute atomic E-state index is 0.0993. The zero-order chi connectivity index (χ0) is 23.8. The number of ether oxygens (including phenoxy) is 3. The first-order valence-corrected chi connectivity index (χ1v) is 10.0. The predicted octanol–water partition coefficient (Wildman–Crippen LogP) is 4.63. The highest BCUT2D eigenvalue weighted by Crippen LogP contribution is 2.29. The molecule has 0 spiro atoms. The Bertz CT molecular complexity index is 1180. The van der Waals surface area contributed by atoms with E-state index in [1.807, 2.05) is 6.07 Å². The molecule has 170 valence electrons. The molecule has 0 aromatic heterocycles. The molecule has 9 nitrogen and oxygen atoms in total. The Hall–Kier alpha value is -4.11. The summed E-state index contributed by atoms with van der Waals surface area (Å²) in [5, 5.41) is 13.9. The van der Waals surface area contributed by atoms with E-state index in [2.05, 4.69) is 5.32 Å². The fraction of sp³-hybridized carbons (Fsp3) is 0.130. The van der Waals surface area contributed by atoms with Gasteiger partial charge in [-0.15, -0.1) is 0 Å². The SMILES string of the molecule is COc1cc([N+](=O)[O-])ccc1NC(=O)COC(=O)c1ccccc1OCc1ccccc1Cl. The van der Waals surface area contributed by atoms with E-state index in [1.54, 1.807) is 36.4 Å². The summed E-state index contributed by atoms with van der Waals surface area (Å²) in [5.74, 6) is -1.03. The molecule has 10 heteroatoms.